The molecule has 0 amide bonds. The second kappa shape index (κ2) is 6.96. The summed E-state index contributed by atoms with van der Waals surface area (Å²) in [5.74, 6) is -1.03. The average molecular weight is 310 g/mol. The number of hydrogen-bond acceptors (Lipinski definition) is 3. The summed E-state index contributed by atoms with van der Waals surface area (Å²) in [5, 5.41) is 12.3. The Labute approximate surface area is 123 Å². The number of alkyl halides is 3. The molecule has 7 heteroatoms. The lowest BCUT2D eigenvalue weighted by molar-refractivity contribution is -0.152. The van der Waals surface area contributed by atoms with Gasteiger partial charge < -0.3 is 10.4 Å². The Kier molecular flexibility index (Phi) is 6.04. The number of nitrogens with zero attached hydrogens (tertiary/aromatic N) is 1. The zero-order valence-corrected chi connectivity index (χ0v) is 12.8. The van der Waals surface area contributed by atoms with Crippen LogP contribution in [0.1, 0.15) is 39.5 Å². The maximum absolute atomic E-state index is 12.6. The van der Waals surface area contributed by atoms with Crippen LogP contribution in [0.2, 0.25) is 0 Å². The van der Waals surface area contributed by atoms with Gasteiger partial charge in [-0.1, -0.05) is 6.42 Å². The van der Waals surface area contributed by atoms with Crippen LogP contribution in [0.4, 0.5) is 13.2 Å². The van der Waals surface area contributed by atoms with E-state index in [2.05, 4.69) is 5.32 Å². The molecule has 0 aromatic carbocycles. The minimum Gasteiger partial charge on any atom is -0.480 e. The molecule has 0 spiro atoms. The molecule has 1 aliphatic rings. The first-order chi connectivity index (χ1) is 9.62. The van der Waals surface area contributed by atoms with Crippen molar-refractivity contribution >= 4 is 5.97 Å². The van der Waals surface area contributed by atoms with Gasteiger partial charge in [0.25, 0.3) is 0 Å². The van der Waals surface area contributed by atoms with Crippen molar-refractivity contribution in [1.29, 1.82) is 0 Å². The molecule has 0 aromatic heterocycles. The second-order valence-corrected chi connectivity index (χ2v) is 6.08. The molecule has 1 fully saturated rings. The first kappa shape index (κ1) is 18.2. The van der Waals surface area contributed by atoms with Crippen LogP contribution in [-0.4, -0.2) is 53.9 Å². The summed E-state index contributed by atoms with van der Waals surface area (Å²) in [6.45, 7) is 2.77. The molecule has 0 bridgehead atoms. The number of aliphatic carboxylic acids is 1. The van der Waals surface area contributed by atoms with Crippen LogP contribution in [0.15, 0.2) is 0 Å². The predicted octanol–water partition coefficient (Wildman–Crippen LogP) is 2.49. The number of rotatable bonds is 7. The third kappa shape index (κ3) is 4.57. The summed E-state index contributed by atoms with van der Waals surface area (Å²) in [5.41, 5.74) is -0.985. The number of likely N-dealkylation sites (N-methyl/N-ethyl adjacent to an activating group) is 1. The highest BCUT2D eigenvalue weighted by Crippen LogP contribution is 2.38. The normalized spacial score (nSPS) is 26.8. The quantitative estimate of drug-likeness (QED) is 0.758. The number of carboxylic acid groups (broad SMARTS) is 1. The Bertz CT molecular complexity index is 361. The molecule has 124 valence electrons. The van der Waals surface area contributed by atoms with E-state index in [4.69, 9.17) is 0 Å². The SMILES string of the molecule is CNC1(C(=O)O)CCCC1CCN(CC(F)(F)F)C(C)C. The zero-order chi connectivity index (χ0) is 16.3. The van der Waals surface area contributed by atoms with Gasteiger partial charge in [0.2, 0.25) is 0 Å². The molecule has 2 atom stereocenters. The molecule has 1 rings (SSSR count). The number of nitrogens with one attached hydrogen (secondary N) is 1. The van der Waals surface area contributed by atoms with Crippen LogP contribution in [-0.2, 0) is 4.79 Å². The fraction of sp³-hybridized carbons (Fsp3) is 0.929. The first-order valence-corrected chi connectivity index (χ1v) is 7.35. The van der Waals surface area contributed by atoms with Gasteiger partial charge in [0.05, 0.1) is 6.54 Å². The summed E-state index contributed by atoms with van der Waals surface area (Å²) >= 11 is 0. The molecule has 0 radical (unpaired) electrons. The maximum atomic E-state index is 12.6. The number of hydrogen-bond donors (Lipinski definition) is 2. The molecule has 0 saturated heterocycles. The predicted molar refractivity (Wildman–Crippen MR) is 74.1 cm³/mol. The van der Waals surface area contributed by atoms with Gasteiger partial charge in [-0.3, -0.25) is 9.69 Å². The van der Waals surface area contributed by atoms with E-state index in [0.29, 0.717) is 12.8 Å². The van der Waals surface area contributed by atoms with Gasteiger partial charge in [0, 0.05) is 6.04 Å². The van der Waals surface area contributed by atoms with E-state index >= 15 is 0 Å². The molecular formula is C14H25F3N2O2. The van der Waals surface area contributed by atoms with E-state index < -0.39 is 24.2 Å². The Hall–Kier alpha value is -0.820. The molecule has 0 aliphatic heterocycles. The van der Waals surface area contributed by atoms with E-state index in [1.54, 1.807) is 20.9 Å². The van der Waals surface area contributed by atoms with Gasteiger partial charge in [-0.2, -0.15) is 13.2 Å². The topological polar surface area (TPSA) is 52.6 Å². The van der Waals surface area contributed by atoms with Crippen molar-refractivity contribution in [2.24, 2.45) is 5.92 Å². The van der Waals surface area contributed by atoms with E-state index in [1.807, 2.05) is 0 Å². The molecule has 2 N–H and O–H groups in total. The fourth-order valence-corrected chi connectivity index (χ4v) is 3.26. The lowest BCUT2D eigenvalue weighted by Crippen LogP contribution is -2.54. The molecule has 0 aromatic rings. The van der Waals surface area contributed by atoms with Crippen molar-refractivity contribution in [3.8, 4) is 0 Å². The Morgan fingerprint density at radius 1 is 1.48 bits per heavy atom. The van der Waals surface area contributed by atoms with Crippen molar-refractivity contribution in [2.75, 3.05) is 20.1 Å². The third-order valence-corrected chi connectivity index (χ3v) is 4.53. The van der Waals surface area contributed by atoms with Gasteiger partial charge in [0.1, 0.15) is 5.54 Å². The van der Waals surface area contributed by atoms with E-state index in [-0.39, 0.29) is 18.5 Å². The molecule has 4 nitrogen and oxygen atoms in total. The van der Waals surface area contributed by atoms with Crippen LogP contribution in [0.5, 0.6) is 0 Å². The average Bonchev–Trinajstić information content (AvgIpc) is 2.76. The molecule has 21 heavy (non-hydrogen) atoms. The second-order valence-electron chi connectivity index (χ2n) is 6.08. The Morgan fingerprint density at radius 3 is 2.52 bits per heavy atom. The monoisotopic (exact) mass is 310 g/mol. The first-order valence-electron chi connectivity index (χ1n) is 7.35. The molecule has 0 heterocycles. The highest BCUT2D eigenvalue weighted by atomic mass is 19.4. The third-order valence-electron chi connectivity index (χ3n) is 4.53. The van der Waals surface area contributed by atoms with Crippen LogP contribution < -0.4 is 5.32 Å². The maximum Gasteiger partial charge on any atom is 0.401 e. The van der Waals surface area contributed by atoms with Crippen LogP contribution in [0.3, 0.4) is 0 Å². The molecule has 1 saturated carbocycles. The van der Waals surface area contributed by atoms with Crippen molar-refractivity contribution in [1.82, 2.24) is 10.2 Å². The Morgan fingerprint density at radius 2 is 2.10 bits per heavy atom. The summed E-state index contributed by atoms with van der Waals surface area (Å²) in [7, 11) is 1.61. The highest BCUT2D eigenvalue weighted by molar-refractivity contribution is 5.79. The van der Waals surface area contributed by atoms with Gasteiger partial charge in [-0.25, -0.2) is 0 Å². The van der Waals surface area contributed by atoms with Gasteiger partial charge in [0.15, 0.2) is 0 Å². The van der Waals surface area contributed by atoms with Gasteiger partial charge in [-0.05, 0) is 52.6 Å². The number of carboxylic acids is 1. The fourth-order valence-electron chi connectivity index (χ4n) is 3.26. The smallest absolute Gasteiger partial charge is 0.401 e. The van der Waals surface area contributed by atoms with Crippen LogP contribution >= 0.6 is 0 Å². The van der Waals surface area contributed by atoms with E-state index in [0.717, 1.165) is 12.8 Å². The molecular weight excluding hydrogens is 285 g/mol. The summed E-state index contributed by atoms with van der Waals surface area (Å²) < 4.78 is 37.7. The number of halogens is 3. The standard InChI is InChI=1S/C14H25F3N2O2/c1-10(2)19(9-14(15,16)17)8-6-11-5-4-7-13(11,18-3)12(20)21/h10-11,18H,4-9H2,1-3H3,(H,20,21). The van der Waals surface area contributed by atoms with Gasteiger partial charge in [-0.15, -0.1) is 0 Å². The lowest BCUT2D eigenvalue weighted by Gasteiger charge is -2.34. The van der Waals surface area contributed by atoms with Crippen molar-refractivity contribution < 1.29 is 23.1 Å². The summed E-state index contributed by atoms with van der Waals surface area (Å²) in [4.78, 5) is 12.9. The van der Waals surface area contributed by atoms with Crippen molar-refractivity contribution in [2.45, 2.75) is 57.3 Å². The van der Waals surface area contributed by atoms with E-state index in [1.165, 1.54) is 4.90 Å². The summed E-state index contributed by atoms with van der Waals surface area (Å²) in [6, 6.07) is -0.221. The largest absolute Gasteiger partial charge is 0.480 e. The molecule has 2 unspecified atom stereocenters. The number of carbonyl (C=O) groups is 1. The van der Waals surface area contributed by atoms with Crippen LogP contribution in [0, 0.1) is 5.92 Å². The van der Waals surface area contributed by atoms with Crippen LogP contribution in [0.25, 0.3) is 0 Å². The molecule has 1 aliphatic carbocycles. The van der Waals surface area contributed by atoms with Crippen molar-refractivity contribution in [3.05, 3.63) is 0 Å². The summed E-state index contributed by atoms with van der Waals surface area (Å²) in [6.07, 6.45) is -1.71. The van der Waals surface area contributed by atoms with E-state index in [9.17, 15) is 23.1 Å². The minimum atomic E-state index is -4.23. The Balaban J connectivity index is 2.69. The lowest BCUT2D eigenvalue weighted by atomic mass is 9.84. The highest BCUT2D eigenvalue weighted by Gasteiger charge is 2.48. The van der Waals surface area contributed by atoms with Crippen molar-refractivity contribution in [3.63, 3.8) is 0 Å². The van der Waals surface area contributed by atoms with Gasteiger partial charge >= 0.3 is 12.1 Å². The minimum absolute atomic E-state index is 0.130. The zero-order valence-electron chi connectivity index (χ0n) is 12.8.